The minimum absolute atomic E-state index is 0.0314. The summed E-state index contributed by atoms with van der Waals surface area (Å²) in [7, 11) is 0. The summed E-state index contributed by atoms with van der Waals surface area (Å²) in [4.78, 5) is 13.9. The molecule has 0 spiro atoms. The van der Waals surface area contributed by atoms with Crippen LogP contribution in [0.2, 0.25) is 0 Å². The second kappa shape index (κ2) is 8.19. The summed E-state index contributed by atoms with van der Waals surface area (Å²) >= 11 is 1.53. The molecule has 31 heavy (non-hydrogen) atoms. The summed E-state index contributed by atoms with van der Waals surface area (Å²) in [6.07, 6.45) is -4.40. The van der Waals surface area contributed by atoms with Crippen molar-refractivity contribution < 1.29 is 22.4 Å². The zero-order valence-corrected chi connectivity index (χ0v) is 17.3. The number of carbonyl (C=O) groups is 1. The van der Waals surface area contributed by atoms with Gasteiger partial charge >= 0.3 is 6.18 Å². The molecule has 0 atom stereocenters. The Kier molecular flexibility index (Phi) is 5.58. The predicted molar refractivity (Wildman–Crippen MR) is 113 cm³/mol. The number of benzene rings is 2. The van der Waals surface area contributed by atoms with Gasteiger partial charge in [0.1, 0.15) is 11.5 Å². The SMILES string of the molecule is Cc1cc2c(cc(C(=O)NCc3ccccc3F)n2Cc2ccc(C(F)(F)F)cc2)s1. The second-order valence-electron chi connectivity index (χ2n) is 7.19. The number of carbonyl (C=O) groups excluding carboxylic acids is 1. The Morgan fingerprint density at radius 1 is 1.06 bits per heavy atom. The summed E-state index contributed by atoms with van der Waals surface area (Å²) in [6.45, 7) is 2.22. The zero-order valence-electron chi connectivity index (χ0n) is 16.5. The molecule has 0 aliphatic rings. The molecule has 1 amide bonds. The largest absolute Gasteiger partial charge is 0.416 e. The van der Waals surface area contributed by atoms with E-state index in [2.05, 4.69) is 5.32 Å². The minimum atomic E-state index is -4.40. The molecule has 0 radical (unpaired) electrons. The van der Waals surface area contributed by atoms with E-state index in [0.717, 1.165) is 27.2 Å². The predicted octanol–water partition coefficient (Wildman–Crippen LogP) is 6.15. The van der Waals surface area contributed by atoms with E-state index in [4.69, 9.17) is 0 Å². The lowest BCUT2D eigenvalue weighted by atomic mass is 10.1. The lowest BCUT2D eigenvalue weighted by Gasteiger charge is -2.12. The maximum atomic E-state index is 13.9. The van der Waals surface area contributed by atoms with Gasteiger partial charge in [-0.05, 0) is 42.8 Å². The molecule has 2 aromatic carbocycles. The van der Waals surface area contributed by atoms with Gasteiger partial charge in [-0.3, -0.25) is 4.79 Å². The van der Waals surface area contributed by atoms with Gasteiger partial charge in [0.05, 0.1) is 15.8 Å². The molecule has 8 heteroatoms. The van der Waals surface area contributed by atoms with Crippen LogP contribution in [0, 0.1) is 12.7 Å². The van der Waals surface area contributed by atoms with Gasteiger partial charge in [-0.2, -0.15) is 13.2 Å². The number of alkyl halides is 3. The van der Waals surface area contributed by atoms with Crippen LogP contribution in [-0.2, 0) is 19.3 Å². The average molecular weight is 446 g/mol. The highest BCUT2D eigenvalue weighted by Gasteiger charge is 2.30. The molecule has 0 bridgehead atoms. The maximum absolute atomic E-state index is 13.9. The van der Waals surface area contributed by atoms with Crippen LogP contribution in [0.5, 0.6) is 0 Å². The van der Waals surface area contributed by atoms with Crippen LogP contribution in [0.1, 0.15) is 32.1 Å². The fraction of sp³-hybridized carbons (Fsp3) is 0.174. The van der Waals surface area contributed by atoms with E-state index in [1.54, 1.807) is 28.8 Å². The molecule has 4 rings (SSSR count). The maximum Gasteiger partial charge on any atom is 0.416 e. The Morgan fingerprint density at radius 2 is 1.77 bits per heavy atom. The van der Waals surface area contributed by atoms with E-state index in [9.17, 15) is 22.4 Å². The van der Waals surface area contributed by atoms with Gasteiger partial charge in [0, 0.05) is 23.5 Å². The molecule has 160 valence electrons. The second-order valence-corrected chi connectivity index (χ2v) is 8.48. The monoisotopic (exact) mass is 446 g/mol. The summed E-state index contributed by atoms with van der Waals surface area (Å²) in [5, 5.41) is 2.73. The Morgan fingerprint density at radius 3 is 2.45 bits per heavy atom. The van der Waals surface area contributed by atoms with E-state index < -0.39 is 17.6 Å². The summed E-state index contributed by atoms with van der Waals surface area (Å²) in [5.41, 5.74) is 1.49. The lowest BCUT2D eigenvalue weighted by Crippen LogP contribution is -2.26. The number of thiophene rings is 1. The van der Waals surface area contributed by atoms with Gasteiger partial charge in [-0.15, -0.1) is 11.3 Å². The Bertz CT molecular complexity index is 1240. The molecule has 0 saturated heterocycles. The first kappa shape index (κ1) is 21.1. The van der Waals surface area contributed by atoms with Gasteiger partial charge in [0.2, 0.25) is 0 Å². The van der Waals surface area contributed by atoms with Crippen molar-refractivity contribution in [2.45, 2.75) is 26.2 Å². The Hall–Kier alpha value is -3.13. The Balaban J connectivity index is 1.62. The number of rotatable bonds is 5. The van der Waals surface area contributed by atoms with E-state index in [-0.39, 0.29) is 19.0 Å². The molecule has 2 heterocycles. The summed E-state index contributed by atoms with van der Waals surface area (Å²) < 4.78 is 55.1. The van der Waals surface area contributed by atoms with E-state index >= 15 is 0 Å². The Labute approximate surface area is 179 Å². The van der Waals surface area contributed by atoms with Crippen LogP contribution >= 0.6 is 11.3 Å². The van der Waals surface area contributed by atoms with Crippen molar-refractivity contribution in [1.82, 2.24) is 9.88 Å². The number of nitrogens with one attached hydrogen (secondary N) is 1. The molecule has 4 aromatic rings. The standard InChI is InChI=1S/C23H18F4N2OS/c1-14-10-19-21(31-14)11-20(22(30)28-12-16-4-2-3-5-18(16)24)29(19)13-15-6-8-17(9-7-15)23(25,26)27/h2-11H,12-13H2,1H3,(H,28,30). The van der Waals surface area contributed by atoms with Crippen LogP contribution < -0.4 is 5.32 Å². The van der Waals surface area contributed by atoms with Gasteiger partial charge in [-0.25, -0.2) is 4.39 Å². The zero-order chi connectivity index (χ0) is 22.2. The van der Waals surface area contributed by atoms with Crippen molar-refractivity contribution in [3.63, 3.8) is 0 Å². The van der Waals surface area contributed by atoms with Crippen molar-refractivity contribution in [3.8, 4) is 0 Å². The lowest BCUT2D eigenvalue weighted by molar-refractivity contribution is -0.137. The molecular formula is C23H18F4N2OS. The van der Waals surface area contributed by atoms with E-state index in [1.165, 1.54) is 29.5 Å². The number of nitrogens with zero attached hydrogens (tertiary/aromatic N) is 1. The smallest absolute Gasteiger partial charge is 0.347 e. The van der Waals surface area contributed by atoms with Gasteiger partial charge in [-0.1, -0.05) is 30.3 Å². The van der Waals surface area contributed by atoms with Crippen LogP contribution in [-0.4, -0.2) is 10.5 Å². The third-order valence-corrected chi connectivity index (χ3v) is 5.95. The highest BCUT2D eigenvalue weighted by molar-refractivity contribution is 7.19. The van der Waals surface area contributed by atoms with Crippen LogP contribution in [0.3, 0.4) is 0 Å². The highest BCUT2D eigenvalue weighted by atomic mass is 32.1. The topological polar surface area (TPSA) is 34.0 Å². The number of hydrogen-bond acceptors (Lipinski definition) is 2. The number of amides is 1. The highest BCUT2D eigenvalue weighted by Crippen LogP contribution is 2.31. The number of aryl methyl sites for hydroxylation is 1. The first-order valence-electron chi connectivity index (χ1n) is 9.50. The third-order valence-electron chi connectivity index (χ3n) is 4.96. The molecule has 3 nitrogen and oxygen atoms in total. The van der Waals surface area contributed by atoms with E-state index in [0.29, 0.717) is 16.8 Å². The van der Waals surface area contributed by atoms with Crippen molar-refractivity contribution in [1.29, 1.82) is 0 Å². The molecule has 0 fully saturated rings. The minimum Gasteiger partial charge on any atom is -0.347 e. The van der Waals surface area contributed by atoms with Gasteiger partial charge in [0.25, 0.3) is 5.91 Å². The summed E-state index contributed by atoms with van der Waals surface area (Å²) in [5.74, 6) is -0.782. The van der Waals surface area contributed by atoms with Crippen molar-refractivity contribution in [2.75, 3.05) is 0 Å². The molecule has 1 N–H and O–H groups in total. The molecule has 0 aliphatic carbocycles. The van der Waals surface area contributed by atoms with Gasteiger partial charge in [0.15, 0.2) is 0 Å². The van der Waals surface area contributed by atoms with E-state index in [1.807, 2.05) is 13.0 Å². The number of halogens is 4. The van der Waals surface area contributed by atoms with Crippen molar-refractivity contribution in [2.24, 2.45) is 0 Å². The normalized spacial score (nSPS) is 11.8. The van der Waals surface area contributed by atoms with Crippen LogP contribution in [0.25, 0.3) is 10.2 Å². The molecular weight excluding hydrogens is 428 g/mol. The quantitative estimate of drug-likeness (QED) is 0.367. The molecule has 2 aromatic heterocycles. The molecule has 0 aliphatic heterocycles. The first-order chi connectivity index (χ1) is 14.7. The number of aromatic nitrogens is 1. The van der Waals surface area contributed by atoms with Crippen molar-refractivity contribution >= 4 is 27.5 Å². The average Bonchev–Trinajstić information content (AvgIpc) is 3.24. The van der Waals surface area contributed by atoms with Crippen molar-refractivity contribution in [3.05, 3.63) is 93.7 Å². The van der Waals surface area contributed by atoms with Gasteiger partial charge < -0.3 is 9.88 Å². The van der Waals surface area contributed by atoms with Crippen LogP contribution in [0.4, 0.5) is 17.6 Å². The number of fused-ring (bicyclic) bond motifs is 1. The number of hydrogen-bond donors (Lipinski definition) is 1. The molecule has 0 saturated carbocycles. The fourth-order valence-corrected chi connectivity index (χ4v) is 4.37. The van der Waals surface area contributed by atoms with Crippen LogP contribution in [0.15, 0.2) is 60.7 Å². The first-order valence-corrected chi connectivity index (χ1v) is 10.3. The summed E-state index contributed by atoms with van der Waals surface area (Å²) in [6, 6.07) is 14.8. The fourth-order valence-electron chi connectivity index (χ4n) is 3.41. The third kappa shape index (κ3) is 4.49. The molecule has 0 unspecified atom stereocenters.